The number of hydrogen-bond donors (Lipinski definition) is 2. The second kappa shape index (κ2) is 8.55. The minimum Gasteiger partial charge on any atom is -0.401 e. The maximum atomic E-state index is 6.52. The summed E-state index contributed by atoms with van der Waals surface area (Å²) in [6.07, 6.45) is 8.24. The molecule has 7 heteroatoms. The quantitative estimate of drug-likeness (QED) is 0.697. The number of nitrogens with two attached hydrogens (primary N) is 2. The second-order valence-corrected chi connectivity index (χ2v) is 9.37. The molecule has 0 unspecified atom stereocenters. The number of anilines is 1. The van der Waals surface area contributed by atoms with Crippen LogP contribution in [0, 0.1) is 11.8 Å². The van der Waals surface area contributed by atoms with Crippen molar-refractivity contribution in [3.8, 4) is 0 Å². The van der Waals surface area contributed by atoms with E-state index in [-0.39, 0.29) is 0 Å². The molecule has 2 saturated carbocycles. The van der Waals surface area contributed by atoms with E-state index in [4.69, 9.17) is 26.4 Å². The van der Waals surface area contributed by atoms with Gasteiger partial charge in [-0.1, -0.05) is 0 Å². The monoisotopic (exact) mass is 419 g/mol. The Morgan fingerprint density at radius 3 is 2.65 bits per heavy atom. The standard InChI is InChI=1S/C24H33N7/c1-30-6-8-31(9-7-30)19-4-5-21-22(12-19)28-15-23(29-21)20(24(26)17-2-3-17)14-27-18-10-16(11-18)13-25/h4-5,12,14-18H,2-3,6-11,13,25-26H2,1H3. The van der Waals surface area contributed by atoms with E-state index in [9.17, 15) is 0 Å². The Kier molecular flexibility index (Phi) is 5.63. The van der Waals surface area contributed by atoms with Gasteiger partial charge in [0.05, 0.1) is 29.0 Å². The van der Waals surface area contributed by atoms with Crippen molar-refractivity contribution in [2.75, 3.05) is 44.7 Å². The van der Waals surface area contributed by atoms with Gasteiger partial charge in [0.2, 0.25) is 0 Å². The summed E-state index contributed by atoms with van der Waals surface area (Å²) in [7, 11) is 2.17. The van der Waals surface area contributed by atoms with Gasteiger partial charge in [0.15, 0.2) is 0 Å². The number of benzene rings is 1. The number of nitrogens with zero attached hydrogens (tertiary/aromatic N) is 5. The maximum Gasteiger partial charge on any atom is 0.0925 e. The first kappa shape index (κ1) is 20.4. The minimum absolute atomic E-state index is 0.357. The topological polar surface area (TPSA) is 96.7 Å². The van der Waals surface area contributed by atoms with Gasteiger partial charge in [0.1, 0.15) is 0 Å². The van der Waals surface area contributed by atoms with Gasteiger partial charge in [-0.2, -0.15) is 0 Å². The fourth-order valence-corrected chi connectivity index (χ4v) is 4.49. The summed E-state index contributed by atoms with van der Waals surface area (Å²) in [4.78, 5) is 19.3. The molecule has 4 N–H and O–H groups in total. The number of likely N-dealkylation sites (N-methyl/N-ethyl adjacent to an activating group) is 1. The van der Waals surface area contributed by atoms with Crippen LogP contribution in [0.1, 0.15) is 31.4 Å². The Morgan fingerprint density at radius 1 is 1.16 bits per heavy atom. The van der Waals surface area contributed by atoms with Crippen LogP contribution in [0.3, 0.4) is 0 Å². The lowest BCUT2D eigenvalue weighted by Gasteiger charge is -2.34. The summed E-state index contributed by atoms with van der Waals surface area (Å²) in [6, 6.07) is 6.75. The predicted octanol–water partition coefficient (Wildman–Crippen LogP) is 2.27. The van der Waals surface area contributed by atoms with Crippen LogP contribution >= 0.6 is 0 Å². The Morgan fingerprint density at radius 2 is 1.94 bits per heavy atom. The van der Waals surface area contributed by atoms with Gasteiger partial charge in [0.25, 0.3) is 0 Å². The van der Waals surface area contributed by atoms with Gasteiger partial charge in [-0.3, -0.25) is 9.98 Å². The first-order valence-electron chi connectivity index (χ1n) is 11.5. The van der Waals surface area contributed by atoms with E-state index in [2.05, 4.69) is 35.0 Å². The normalized spacial score (nSPS) is 25.7. The van der Waals surface area contributed by atoms with Crippen LogP contribution < -0.4 is 16.4 Å². The van der Waals surface area contributed by atoms with Crippen LogP contribution in [0.25, 0.3) is 16.6 Å². The zero-order chi connectivity index (χ0) is 21.4. The highest BCUT2D eigenvalue weighted by Gasteiger charge is 2.29. The molecule has 2 heterocycles. The molecule has 1 saturated heterocycles. The molecule has 0 radical (unpaired) electrons. The average molecular weight is 420 g/mol. The van der Waals surface area contributed by atoms with Gasteiger partial charge in [-0.05, 0) is 69.3 Å². The molecule has 3 aliphatic rings. The molecule has 0 atom stereocenters. The zero-order valence-electron chi connectivity index (χ0n) is 18.4. The third kappa shape index (κ3) is 4.43. The van der Waals surface area contributed by atoms with Crippen LogP contribution in [0.15, 0.2) is 35.1 Å². The van der Waals surface area contributed by atoms with Gasteiger partial charge >= 0.3 is 0 Å². The number of hydrogen-bond acceptors (Lipinski definition) is 7. The van der Waals surface area contributed by atoms with Crippen molar-refractivity contribution in [1.29, 1.82) is 0 Å². The van der Waals surface area contributed by atoms with Gasteiger partial charge in [0, 0.05) is 49.4 Å². The van der Waals surface area contributed by atoms with Crippen LogP contribution in [0.2, 0.25) is 0 Å². The van der Waals surface area contributed by atoms with Gasteiger partial charge < -0.3 is 21.3 Å². The largest absolute Gasteiger partial charge is 0.401 e. The molecular weight excluding hydrogens is 386 g/mol. The summed E-state index contributed by atoms with van der Waals surface area (Å²) >= 11 is 0. The summed E-state index contributed by atoms with van der Waals surface area (Å²) < 4.78 is 0. The Balaban J connectivity index is 1.40. The molecule has 2 aromatic rings. The first-order valence-corrected chi connectivity index (χ1v) is 11.5. The molecule has 1 aromatic carbocycles. The van der Waals surface area contributed by atoms with Crippen molar-refractivity contribution in [3.63, 3.8) is 0 Å². The SMILES string of the molecule is CN1CCN(c2ccc3nc(C(C=NC4CC(CN)C4)=C(N)C4CC4)cnc3c2)CC1. The molecule has 31 heavy (non-hydrogen) atoms. The molecule has 0 bridgehead atoms. The highest BCUT2D eigenvalue weighted by Crippen LogP contribution is 2.37. The van der Waals surface area contributed by atoms with Gasteiger partial charge in [-0.25, -0.2) is 4.98 Å². The number of rotatable bonds is 6. The van der Waals surface area contributed by atoms with Crippen molar-refractivity contribution in [1.82, 2.24) is 14.9 Å². The van der Waals surface area contributed by atoms with Gasteiger partial charge in [-0.15, -0.1) is 0 Å². The van der Waals surface area contributed by atoms with Crippen LogP contribution in [0.5, 0.6) is 0 Å². The highest BCUT2D eigenvalue weighted by atomic mass is 15.2. The number of fused-ring (bicyclic) bond motifs is 1. The summed E-state index contributed by atoms with van der Waals surface area (Å²) in [5.41, 5.74) is 18.0. The first-order chi connectivity index (χ1) is 15.1. The Labute approximate surface area is 184 Å². The fourth-order valence-electron chi connectivity index (χ4n) is 4.49. The molecule has 1 aliphatic heterocycles. The van der Waals surface area contributed by atoms with Crippen molar-refractivity contribution in [2.24, 2.45) is 28.3 Å². The van der Waals surface area contributed by atoms with E-state index in [0.717, 1.165) is 86.4 Å². The van der Waals surface area contributed by atoms with Crippen molar-refractivity contribution in [2.45, 2.75) is 31.7 Å². The highest BCUT2D eigenvalue weighted by molar-refractivity contribution is 6.10. The fraction of sp³-hybridized carbons (Fsp3) is 0.542. The number of piperazine rings is 1. The summed E-state index contributed by atoms with van der Waals surface area (Å²) in [5.74, 6) is 1.07. The number of aliphatic imine (C=N–C) groups is 1. The Bertz CT molecular complexity index is 996. The molecule has 3 fully saturated rings. The summed E-state index contributed by atoms with van der Waals surface area (Å²) in [6.45, 7) is 5.01. The minimum atomic E-state index is 0.357. The van der Waals surface area contributed by atoms with Crippen LogP contribution in [-0.4, -0.2) is 66.9 Å². The lowest BCUT2D eigenvalue weighted by atomic mass is 9.81. The van der Waals surface area contributed by atoms with Crippen molar-refractivity contribution in [3.05, 3.63) is 35.8 Å². The molecule has 1 aromatic heterocycles. The predicted molar refractivity (Wildman–Crippen MR) is 127 cm³/mol. The van der Waals surface area contributed by atoms with E-state index < -0.39 is 0 Å². The number of aromatic nitrogens is 2. The van der Waals surface area contributed by atoms with E-state index in [0.29, 0.717) is 17.9 Å². The molecule has 164 valence electrons. The zero-order valence-corrected chi connectivity index (χ0v) is 18.4. The molecule has 0 amide bonds. The van der Waals surface area contributed by atoms with E-state index in [1.165, 1.54) is 5.69 Å². The molecule has 5 rings (SSSR count). The van der Waals surface area contributed by atoms with E-state index in [1.54, 1.807) is 0 Å². The lowest BCUT2D eigenvalue weighted by Crippen LogP contribution is -2.44. The van der Waals surface area contributed by atoms with E-state index >= 15 is 0 Å². The van der Waals surface area contributed by atoms with Crippen molar-refractivity contribution < 1.29 is 0 Å². The molecular formula is C24H33N7. The average Bonchev–Trinajstić information content (AvgIpc) is 3.60. The van der Waals surface area contributed by atoms with Crippen molar-refractivity contribution >= 4 is 28.5 Å². The molecule has 2 aliphatic carbocycles. The molecule has 7 nitrogen and oxygen atoms in total. The summed E-state index contributed by atoms with van der Waals surface area (Å²) in [5, 5.41) is 0. The van der Waals surface area contributed by atoms with E-state index in [1.807, 2.05) is 12.4 Å². The second-order valence-electron chi connectivity index (χ2n) is 9.37. The Hall–Kier alpha value is -2.51. The van der Waals surface area contributed by atoms with Crippen LogP contribution in [0.4, 0.5) is 5.69 Å². The smallest absolute Gasteiger partial charge is 0.0925 e. The maximum absolute atomic E-state index is 6.52. The number of allylic oxidation sites excluding steroid dienone is 2. The molecule has 0 spiro atoms. The lowest BCUT2D eigenvalue weighted by molar-refractivity contribution is 0.276. The third-order valence-electron chi connectivity index (χ3n) is 6.96. The third-order valence-corrected chi connectivity index (χ3v) is 6.96. The van der Waals surface area contributed by atoms with Crippen LogP contribution in [-0.2, 0) is 0 Å².